The van der Waals surface area contributed by atoms with E-state index in [9.17, 15) is 14.7 Å². The van der Waals surface area contributed by atoms with Crippen LogP contribution in [-0.4, -0.2) is 23.1 Å². The van der Waals surface area contributed by atoms with Gasteiger partial charge in [-0.15, -0.1) is 0 Å². The van der Waals surface area contributed by atoms with Crippen LogP contribution in [0.15, 0.2) is 24.3 Å². The highest BCUT2D eigenvalue weighted by Gasteiger charge is 2.17. The van der Waals surface area contributed by atoms with Crippen molar-refractivity contribution in [1.29, 1.82) is 0 Å². The molecule has 4 heteroatoms. The van der Waals surface area contributed by atoms with Crippen molar-refractivity contribution in [1.82, 2.24) is 0 Å². The molecule has 0 rings (SSSR count). The van der Waals surface area contributed by atoms with Gasteiger partial charge in [-0.3, -0.25) is 9.59 Å². The Kier molecular flexibility index (Phi) is 38.5. The number of rotatable bonds is 39. The zero-order valence-corrected chi connectivity index (χ0v) is 32.3. The number of aliphatic carboxylic acids is 1. The molecule has 0 radical (unpaired) electrons. The van der Waals surface area contributed by atoms with Crippen LogP contribution in [0, 0.1) is 0 Å². The summed E-state index contributed by atoms with van der Waals surface area (Å²) in [5, 5.41) is 9.29. The van der Waals surface area contributed by atoms with E-state index in [0.29, 0.717) is 12.8 Å². The van der Waals surface area contributed by atoms with Gasteiger partial charge in [0.25, 0.3) is 0 Å². The van der Waals surface area contributed by atoms with Gasteiger partial charge in [0.2, 0.25) is 0 Å². The van der Waals surface area contributed by atoms with Crippen molar-refractivity contribution < 1.29 is 19.4 Å². The molecule has 0 saturated carbocycles. The topological polar surface area (TPSA) is 63.6 Å². The average Bonchev–Trinajstić information content (AvgIpc) is 3.06. The molecular weight excluding hydrogens is 592 g/mol. The Morgan fingerprint density at radius 3 is 1.27 bits per heavy atom. The molecule has 0 heterocycles. The molecule has 0 aliphatic heterocycles. The lowest BCUT2D eigenvalue weighted by molar-refractivity contribution is -0.153. The van der Waals surface area contributed by atoms with Crippen molar-refractivity contribution in [3.8, 4) is 0 Å². The largest absolute Gasteiger partial charge is 0.481 e. The van der Waals surface area contributed by atoms with E-state index in [1.807, 2.05) is 0 Å². The fourth-order valence-corrected chi connectivity index (χ4v) is 6.53. The second kappa shape index (κ2) is 39.9. The number of carboxylic acid groups (broad SMARTS) is 1. The van der Waals surface area contributed by atoms with E-state index >= 15 is 0 Å². The highest BCUT2D eigenvalue weighted by atomic mass is 16.5. The van der Waals surface area contributed by atoms with Crippen molar-refractivity contribution in [2.75, 3.05) is 0 Å². The molecule has 0 aromatic heterocycles. The minimum Gasteiger partial charge on any atom is -0.481 e. The van der Waals surface area contributed by atoms with Gasteiger partial charge in [-0.2, -0.15) is 0 Å². The Hall–Kier alpha value is -1.58. The first kappa shape index (κ1) is 46.4. The van der Waals surface area contributed by atoms with E-state index in [0.717, 1.165) is 32.1 Å². The van der Waals surface area contributed by atoms with E-state index in [1.165, 1.54) is 173 Å². The summed E-state index contributed by atoms with van der Waals surface area (Å²) in [6, 6.07) is 0. The molecule has 48 heavy (non-hydrogen) atoms. The molecule has 4 nitrogen and oxygen atoms in total. The first-order valence-corrected chi connectivity index (χ1v) is 21.3. The van der Waals surface area contributed by atoms with Crippen LogP contribution in [0.3, 0.4) is 0 Å². The minimum atomic E-state index is -0.878. The highest BCUT2D eigenvalue weighted by molar-refractivity contribution is 5.71. The highest BCUT2D eigenvalue weighted by Crippen LogP contribution is 2.17. The summed E-state index contributed by atoms with van der Waals surface area (Å²) in [7, 11) is 0. The van der Waals surface area contributed by atoms with Crippen molar-refractivity contribution in [2.24, 2.45) is 0 Å². The summed E-state index contributed by atoms with van der Waals surface area (Å²) in [6.07, 6.45) is 50.6. The van der Waals surface area contributed by atoms with E-state index in [-0.39, 0.29) is 12.4 Å². The summed E-state index contributed by atoms with van der Waals surface area (Å²) in [5.41, 5.74) is 0. The summed E-state index contributed by atoms with van der Waals surface area (Å²) in [5.74, 6) is -1.09. The van der Waals surface area contributed by atoms with Crippen LogP contribution in [0.1, 0.15) is 239 Å². The van der Waals surface area contributed by atoms with Crippen molar-refractivity contribution >= 4 is 11.9 Å². The second-order valence-electron chi connectivity index (χ2n) is 14.6. The predicted octanol–water partition coefficient (Wildman–Crippen LogP) is 14.8. The van der Waals surface area contributed by atoms with E-state index in [4.69, 9.17) is 4.74 Å². The van der Waals surface area contributed by atoms with Gasteiger partial charge < -0.3 is 9.84 Å². The van der Waals surface area contributed by atoms with Crippen LogP contribution >= 0.6 is 0 Å². The van der Waals surface area contributed by atoms with Gasteiger partial charge in [0, 0.05) is 6.42 Å². The number of hydrogen-bond donors (Lipinski definition) is 1. The Bertz CT molecular complexity index is 727. The Morgan fingerprint density at radius 2 is 0.833 bits per heavy atom. The quantitative estimate of drug-likeness (QED) is 0.0400. The van der Waals surface area contributed by atoms with Crippen molar-refractivity contribution in [3.63, 3.8) is 0 Å². The Balaban J connectivity index is 3.61. The minimum absolute atomic E-state index is 0.0720. The van der Waals surface area contributed by atoms with Crippen LogP contribution in [0.4, 0.5) is 0 Å². The van der Waals surface area contributed by atoms with E-state index in [2.05, 4.69) is 38.2 Å². The van der Waals surface area contributed by atoms with Crippen molar-refractivity contribution in [3.05, 3.63) is 24.3 Å². The molecule has 0 aliphatic rings. The second-order valence-corrected chi connectivity index (χ2v) is 14.6. The number of carbonyl (C=O) groups excluding carboxylic acids is 1. The lowest BCUT2D eigenvalue weighted by Crippen LogP contribution is -2.21. The molecule has 1 atom stereocenters. The Labute approximate surface area is 299 Å². The molecule has 0 aromatic rings. The summed E-state index contributed by atoms with van der Waals surface area (Å²) in [6.45, 7) is 4.53. The van der Waals surface area contributed by atoms with Crippen LogP contribution < -0.4 is 0 Å². The van der Waals surface area contributed by atoms with Crippen LogP contribution in [0.25, 0.3) is 0 Å². The number of allylic oxidation sites excluding steroid dienone is 4. The zero-order chi connectivity index (χ0) is 35.0. The molecule has 1 unspecified atom stereocenters. The molecule has 282 valence electrons. The molecule has 0 fully saturated rings. The van der Waals surface area contributed by atoms with Gasteiger partial charge in [0.15, 0.2) is 0 Å². The van der Waals surface area contributed by atoms with Crippen LogP contribution in [0.2, 0.25) is 0 Å². The Morgan fingerprint density at radius 1 is 0.479 bits per heavy atom. The SMILES string of the molecule is CCCCC/C=C\C/C=C\CCCCCCCCCCCC(=O)OC(CCCCCCCCCCCCCCCCCCC)CC(=O)O. The summed E-state index contributed by atoms with van der Waals surface area (Å²) in [4.78, 5) is 23.7. The molecule has 1 N–H and O–H groups in total. The monoisotopic (exact) mass is 675 g/mol. The zero-order valence-electron chi connectivity index (χ0n) is 32.3. The average molecular weight is 675 g/mol. The fourth-order valence-electron chi connectivity index (χ4n) is 6.53. The van der Waals surface area contributed by atoms with Crippen LogP contribution in [0.5, 0.6) is 0 Å². The van der Waals surface area contributed by atoms with Gasteiger partial charge in [-0.1, -0.05) is 199 Å². The van der Waals surface area contributed by atoms with E-state index < -0.39 is 12.1 Å². The third-order valence-corrected chi connectivity index (χ3v) is 9.66. The number of ether oxygens (including phenoxy) is 1. The van der Waals surface area contributed by atoms with Gasteiger partial charge in [-0.25, -0.2) is 0 Å². The number of hydrogen-bond acceptors (Lipinski definition) is 3. The molecule has 0 saturated heterocycles. The lowest BCUT2D eigenvalue weighted by atomic mass is 10.0. The smallest absolute Gasteiger partial charge is 0.307 e. The van der Waals surface area contributed by atoms with E-state index in [1.54, 1.807) is 0 Å². The molecular formula is C44H82O4. The van der Waals surface area contributed by atoms with Crippen LogP contribution in [-0.2, 0) is 14.3 Å². The number of carboxylic acids is 1. The maximum absolute atomic E-state index is 12.4. The molecule has 0 spiro atoms. The summed E-state index contributed by atoms with van der Waals surface area (Å²) >= 11 is 0. The van der Waals surface area contributed by atoms with Gasteiger partial charge in [0.1, 0.15) is 6.10 Å². The fraction of sp³-hybridized carbons (Fsp3) is 0.864. The first-order chi connectivity index (χ1) is 23.6. The van der Waals surface area contributed by atoms with Gasteiger partial charge in [0.05, 0.1) is 6.42 Å². The third-order valence-electron chi connectivity index (χ3n) is 9.66. The van der Waals surface area contributed by atoms with Gasteiger partial charge in [-0.05, 0) is 51.4 Å². The van der Waals surface area contributed by atoms with Gasteiger partial charge >= 0.3 is 11.9 Å². The number of carbonyl (C=O) groups is 2. The molecule has 0 bridgehead atoms. The normalized spacial score (nSPS) is 12.4. The predicted molar refractivity (Wildman–Crippen MR) is 209 cm³/mol. The standard InChI is InChI=1S/C44H82O4/c1-3-5-7-9-11-13-15-17-19-21-22-24-26-28-30-32-34-36-38-40-44(47)48-42(41-43(45)46)39-37-35-33-31-29-27-25-23-20-18-16-14-12-10-8-6-4-2/h11,13,17,19,42H,3-10,12,14-16,18,20-41H2,1-2H3,(H,45,46)/b13-11-,19-17-. The number of esters is 1. The first-order valence-electron chi connectivity index (χ1n) is 21.3. The maximum atomic E-state index is 12.4. The third kappa shape index (κ3) is 38.9. The maximum Gasteiger partial charge on any atom is 0.307 e. The molecule has 0 amide bonds. The van der Waals surface area contributed by atoms with Crippen molar-refractivity contribution in [2.45, 2.75) is 245 Å². The lowest BCUT2D eigenvalue weighted by Gasteiger charge is -2.16. The molecule has 0 aliphatic carbocycles. The number of unbranched alkanes of at least 4 members (excludes halogenated alkanes) is 28. The molecule has 0 aromatic carbocycles. The summed E-state index contributed by atoms with van der Waals surface area (Å²) < 4.78 is 5.60.